The molecular weight excluding hydrogens is 365 g/mol. The van der Waals surface area contributed by atoms with Gasteiger partial charge < -0.3 is 0 Å². The van der Waals surface area contributed by atoms with Crippen molar-refractivity contribution in [2.75, 3.05) is 11.4 Å². The number of anilines is 1. The molecule has 1 aromatic heterocycles. The summed E-state index contributed by atoms with van der Waals surface area (Å²) < 4.78 is 88.4. The quantitative estimate of drug-likeness (QED) is 0.773. The Labute approximate surface area is 131 Å². The molecule has 2 aromatic rings. The van der Waals surface area contributed by atoms with Crippen LogP contribution in [0.5, 0.6) is 0 Å². The van der Waals surface area contributed by atoms with Gasteiger partial charge in [-0.05, 0) is 12.1 Å². The molecular formula is C11H8F5N3O2S2. The van der Waals surface area contributed by atoms with Crippen molar-refractivity contribution >= 4 is 26.5 Å². The molecule has 0 fully saturated rings. The van der Waals surface area contributed by atoms with Crippen molar-refractivity contribution in [2.45, 2.75) is 17.0 Å². The third-order valence-electron chi connectivity index (χ3n) is 2.85. The Morgan fingerprint density at radius 3 is 2.09 bits per heavy atom. The van der Waals surface area contributed by atoms with Crippen molar-refractivity contribution in [1.82, 2.24) is 10.2 Å². The van der Waals surface area contributed by atoms with E-state index in [1.807, 2.05) is 0 Å². The van der Waals surface area contributed by atoms with Crippen LogP contribution in [-0.4, -0.2) is 31.8 Å². The molecule has 0 saturated heterocycles. The lowest BCUT2D eigenvalue weighted by molar-refractivity contribution is -0.289. The van der Waals surface area contributed by atoms with E-state index in [0.717, 1.165) is 22.7 Å². The lowest BCUT2D eigenvalue weighted by Gasteiger charge is -2.20. The van der Waals surface area contributed by atoms with Gasteiger partial charge >= 0.3 is 12.1 Å². The summed E-state index contributed by atoms with van der Waals surface area (Å²) in [6.07, 6.45) is -5.77. The summed E-state index contributed by atoms with van der Waals surface area (Å²) >= 11 is 0.919. The van der Waals surface area contributed by atoms with Gasteiger partial charge in [-0.25, -0.2) is 12.7 Å². The van der Waals surface area contributed by atoms with Gasteiger partial charge in [0.1, 0.15) is 5.51 Å². The molecule has 126 valence electrons. The monoisotopic (exact) mass is 373 g/mol. The predicted octanol–water partition coefficient (Wildman–Crippen LogP) is 3.02. The van der Waals surface area contributed by atoms with Crippen LogP contribution in [0, 0.1) is 0 Å². The van der Waals surface area contributed by atoms with E-state index in [-0.39, 0.29) is 5.13 Å². The maximum absolute atomic E-state index is 13.2. The molecule has 0 atom stereocenters. The van der Waals surface area contributed by atoms with Crippen LogP contribution in [-0.2, 0) is 15.9 Å². The Balaban J connectivity index is 2.36. The largest absolute Gasteiger partial charge is 0.458 e. The van der Waals surface area contributed by atoms with Gasteiger partial charge in [-0.3, -0.25) is 0 Å². The Hall–Kier alpha value is -1.82. The molecule has 1 heterocycles. The van der Waals surface area contributed by atoms with Crippen molar-refractivity contribution in [1.29, 1.82) is 0 Å². The first kappa shape index (κ1) is 17.5. The molecule has 0 bridgehead atoms. The fraction of sp³-hybridized carbons (Fsp3) is 0.273. The van der Waals surface area contributed by atoms with Gasteiger partial charge in [0.2, 0.25) is 5.13 Å². The molecule has 2 rings (SSSR count). The zero-order valence-corrected chi connectivity index (χ0v) is 12.9. The maximum atomic E-state index is 13.2. The van der Waals surface area contributed by atoms with Gasteiger partial charge in [0.25, 0.3) is 10.0 Å². The van der Waals surface area contributed by atoms with E-state index in [9.17, 15) is 30.4 Å². The van der Waals surface area contributed by atoms with Gasteiger partial charge in [-0.2, -0.15) is 22.0 Å². The van der Waals surface area contributed by atoms with Crippen molar-refractivity contribution in [3.8, 4) is 0 Å². The lowest BCUT2D eigenvalue weighted by atomic mass is 10.1. The predicted molar refractivity (Wildman–Crippen MR) is 71.9 cm³/mol. The van der Waals surface area contributed by atoms with E-state index >= 15 is 0 Å². The van der Waals surface area contributed by atoms with Crippen LogP contribution in [0.4, 0.5) is 27.1 Å². The number of sulfonamides is 1. The highest BCUT2D eigenvalue weighted by Gasteiger charge is 2.58. The third kappa shape index (κ3) is 3.13. The first-order valence-corrected chi connectivity index (χ1v) is 8.10. The summed E-state index contributed by atoms with van der Waals surface area (Å²) in [7, 11) is -2.98. The number of hydrogen-bond donors (Lipinski definition) is 0. The maximum Gasteiger partial charge on any atom is 0.458 e. The highest BCUT2D eigenvalue weighted by atomic mass is 32.2. The van der Waals surface area contributed by atoms with Gasteiger partial charge in [0.15, 0.2) is 0 Å². The van der Waals surface area contributed by atoms with Crippen LogP contribution in [0.25, 0.3) is 0 Å². The molecule has 1 aromatic carbocycles. The molecule has 0 aliphatic heterocycles. The summed E-state index contributed by atoms with van der Waals surface area (Å²) in [5, 5.41) is 7.03. The Morgan fingerprint density at radius 2 is 1.65 bits per heavy atom. The number of benzene rings is 1. The second kappa shape index (κ2) is 5.67. The molecule has 0 aliphatic rings. The first-order valence-electron chi connectivity index (χ1n) is 5.78. The van der Waals surface area contributed by atoms with Crippen molar-refractivity contribution < 1.29 is 30.4 Å². The Morgan fingerprint density at radius 1 is 1.09 bits per heavy atom. The summed E-state index contributed by atoms with van der Waals surface area (Å²) in [6.45, 7) is 0. The van der Waals surface area contributed by atoms with Crippen LogP contribution in [0.1, 0.15) is 5.56 Å². The van der Waals surface area contributed by atoms with E-state index in [1.165, 1.54) is 5.51 Å². The zero-order valence-electron chi connectivity index (χ0n) is 11.3. The summed E-state index contributed by atoms with van der Waals surface area (Å²) in [6, 6.07) is 2.21. The van der Waals surface area contributed by atoms with E-state index < -0.39 is 32.6 Å². The van der Waals surface area contributed by atoms with Crippen LogP contribution >= 0.6 is 11.3 Å². The molecule has 0 N–H and O–H groups in total. The zero-order chi connectivity index (χ0) is 17.5. The first-order chi connectivity index (χ1) is 10.5. The van der Waals surface area contributed by atoms with Crippen LogP contribution in [0.2, 0.25) is 0 Å². The average molecular weight is 373 g/mol. The molecule has 12 heteroatoms. The molecule has 0 amide bonds. The van der Waals surface area contributed by atoms with Gasteiger partial charge in [-0.15, -0.1) is 10.2 Å². The molecule has 5 nitrogen and oxygen atoms in total. The molecule has 0 aliphatic carbocycles. The lowest BCUT2D eigenvalue weighted by Crippen LogP contribution is -2.33. The minimum Gasteiger partial charge on any atom is -0.243 e. The van der Waals surface area contributed by atoms with Crippen molar-refractivity contribution in [3.05, 3.63) is 35.3 Å². The second-order valence-corrected chi connectivity index (χ2v) is 7.07. The highest BCUT2D eigenvalue weighted by Crippen LogP contribution is 2.43. The number of aromatic nitrogens is 2. The van der Waals surface area contributed by atoms with Crippen LogP contribution in [0.3, 0.4) is 0 Å². The molecule has 23 heavy (non-hydrogen) atoms. The number of rotatable bonds is 4. The average Bonchev–Trinajstić information content (AvgIpc) is 2.99. The third-order valence-corrected chi connectivity index (χ3v) is 5.49. The van der Waals surface area contributed by atoms with E-state index in [2.05, 4.69) is 10.2 Å². The summed E-state index contributed by atoms with van der Waals surface area (Å²) in [5.41, 5.74) is -0.0588. The molecule has 0 saturated carbocycles. The molecule has 0 radical (unpaired) electrons. The minimum atomic E-state index is -5.77. The number of alkyl halides is 5. The Kier molecular flexibility index (Phi) is 4.32. The fourth-order valence-corrected chi connectivity index (χ4v) is 3.46. The van der Waals surface area contributed by atoms with Gasteiger partial charge in [0.05, 0.1) is 4.90 Å². The number of halogens is 5. The standard InChI is InChI=1S/C11H8F5N3O2S2/c1-19(9-18-17-6-22-9)23(20,21)8-4-2-7(3-5-8)10(12,13)11(14,15)16/h2-6H,1H3. The van der Waals surface area contributed by atoms with Gasteiger partial charge in [0, 0.05) is 12.6 Å². The van der Waals surface area contributed by atoms with Crippen LogP contribution in [0.15, 0.2) is 34.7 Å². The highest BCUT2D eigenvalue weighted by molar-refractivity contribution is 7.93. The second-order valence-electron chi connectivity index (χ2n) is 4.29. The van der Waals surface area contributed by atoms with Gasteiger partial charge in [-0.1, -0.05) is 23.5 Å². The van der Waals surface area contributed by atoms with E-state index in [4.69, 9.17) is 0 Å². The normalized spacial score (nSPS) is 13.1. The van der Waals surface area contributed by atoms with Crippen LogP contribution < -0.4 is 4.31 Å². The topological polar surface area (TPSA) is 63.2 Å². The SMILES string of the molecule is CN(c1nncs1)S(=O)(=O)c1ccc(C(F)(F)C(F)(F)F)cc1. The van der Waals surface area contributed by atoms with Crippen molar-refractivity contribution in [3.63, 3.8) is 0 Å². The molecule has 0 spiro atoms. The van der Waals surface area contributed by atoms with E-state index in [0.29, 0.717) is 24.3 Å². The summed E-state index contributed by atoms with van der Waals surface area (Å²) in [5.74, 6) is -5.07. The fourth-order valence-electron chi connectivity index (χ4n) is 1.57. The Bertz CT molecular complexity index is 773. The van der Waals surface area contributed by atoms with Crippen molar-refractivity contribution in [2.24, 2.45) is 0 Å². The summed E-state index contributed by atoms with van der Waals surface area (Å²) in [4.78, 5) is -0.447. The minimum absolute atomic E-state index is 0.0229. The van der Waals surface area contributed by atoms with E-state index in [1.54, 1.807) is 0 Å². The number of hydrogen-bond acceptors (Lipinski definition) is 5. The smallest absolute Gasteiger partial charge is 0.243 e. The number of nitrogens with zero attached hydrogens (tertiary/aromatic N) is 3. The molecule has 0 unspecified atom stereocenters.